The van der Waals surface area contributed by atoms with Gasteiger partial charge in [-0.3, -0.25) is 14.8 Å². The van der Waals surface area contributed by atoms with Gasteiger partial charge in [0.2, 0.25) is 0 Å². The molecule has 1 aromatic carbocycles. The van der Waals surface area contributed by atoms with E-state index in [2.05, 4.69) is 22.1 Å². The van der Waals surface area contributed by atoms with Crippen molar-refractivity contribution >= 4 is 16.8 Å². The molecule has 0 spiro atoms. The van der Waals surface area contributed by atoms with Crippen molar-refractivity contribution in [3.63, 3.8) is 0 Å². The van der Waals surface area contributed by atoms with Gasteiger partial charge >= 0.3 is 0 Å². The van der Waals surface area contributed by atoms with Gasteiger partial charge in [0, 0.05) is 36.6 Å². The van der Waals surface area contributed by atoms with E-state index in [0.717, 1.165) is 49.0 Å². The second-order valence-corrected chi connectivity index (χ2v) is 7.74. The molecule has 3 heterocycles. The molecule has 3 fully saturated rings. The van der Waals surface area contributed by atoms with Gasteiger partial charge in [0.15, 0.2) is 5.69 Å². The summed E-state index contributed by atoms with van der Waals surface area (Å²) in [5.74, 6) is 0.917. The zero-order valence-electron chi connectivity index (χ0n) is 14.6. The molecular weight excluding hydrogens is 316 g/mol. The summed E-state index contributed by atoms with van der Waals surface area (Å²) in [4.78, 5) is 17.3. The lowest BCUT2D eigenvalue weighted by Crippen LogP contribution is -2.47. The third-order valence-corrected chi connectivity index (χ3v) is 6.12. The van der Waals surface area contributed by atoms with Gasteiger partial charge in [-0.15, -0.1) is 0 Å². The van der Waals surface area contributed by atoms with Gasteiger partial charge in [0.25, 0.3) is 5.91 Å². The van der Waals surface area contributed by atoms with Crippen LogP contribution in [0.1, 0.15) is 42.6 Å². The molecule has 6 heteroatoms. The summed E-state index contributed by atoms with van der Waals surface area (Å²) in [6, 6.07) is 6.75. The maximum Gasteiger partial charge on any atom is 0.275 e. The lowest BCUT2D eigenvalue weighted by atomic mass is 10.1. The van der Waals surface area contributed by atoms with Crippen molar-refractivity contribution in [2.24, 2.45) is 0 Å². The molecule has 1 saturated carbocycles. The molecule has 2 aromatic rings. The minimum Gasteiger partial charge on any atom is -0.490 e. The summed E-state index contributed by atoms with van der Waals surface area (Å²) >= 11 is 0. The van der Waals surface area contributed by atoms with Gasteiger partial charge in [-0.1, -0.05) is 0 Å². The van der Waals surface area contributed by atoms with Gasteiger partial charge in [-0.05, 0) is 51.3 Å². The number of fused-ring (bicyclic) bond motifs is 3. The number of likely N-dealkylation sites (N-methyl/N-ethyl adjacent to an activating group) is 1. The average molecular weight is 340 g/mol. The van der Waals surface area contributed by atoms with E-state index >= 15 is 0 Å². The molecule has 2 bridgehead atoms. The number of nitrogens with one attached hydrogen (secondary N) is 1. The lowest BCUT2D eigenvalue weighted by molar-refractivity contribution is 0.0646. The topological polar surface area (TPSA) is 61.5 Å². The number of amides is 1. The number of hydrogen-bond donors (Lipinski definition) is 1. The average Bonchev–Trinajstić information content (AvgIpc) is 3.37. The van der Waals surface area contributed by atoms with Crippen molar-refractivity contribution < 1.29 is 9.53 Å². The number of rotatable bonds is 3. The molecule has 6 nitrogen and oxygen atoms in total. The number of likely N-dealkylation sites (tertiary alicyclic amines) is 2. The van der Waals surface area contributed by atoms with E-state index in [-0.39, 0.29) is 5.91 Å². The molecule has 2 atom stereocenters. The number of ether oxygens (including phenoxy) is 1. The zero-order chi connectivity index (χ0) is 17.0. The summed E-state index contributed by atoms with van der Waals surface area (Å²) in [5.41, 5.74) is 1.41. The normalized spacial score (nSPS) is 26.8. The van der Waals surface area contributed by atoms with Crippen molar-refractivity contribution in [3.8, 4) is 5.75 Å². The number of aromatic amines is 1. The molecule has 1 aliphatic carbocycles. The van der Waals surface area contributed by atoms with Crippen LogP contribution < -0.4 is 4.74 Å². The Hall–Kier alpha value is -2.08. The van der Waals surface area contributed by atoms with Gasteiger partial charge in [-0.25, -0.2) is 0 Å². The van der Waals surface area contributed by atoms with Crippen LogP contribution >= 0.6 is 0 Å². The Morgan fingerprint density at radius 2 is 2.08 bits per heavy atom. The number of piperazine rings is 1. The van der Waals surface area contributed by atoms with Crippen LogP contribution in [0.15, 0.2) is 18.2 Å². The number of benzene rings is 1. The van der Waals surface area contributed by atoms with Gasteiger partial charge in [-0.2, -0.15) is 5.10 Å². The van der Waals surface area contributed by atoms with Crippen LogP contribution in [0.3, 0.4) is 0 Å². The highest BCUT2D eigenvalue weighted by atomic mass is 16.5. The van der Waals surface area contributed by atoms with Crippen molar-refractivity contribution in [3.05, 3.63) is 23.9 Å². The second kappa shape index (κ2) is 5.73. The first kappa shape index (κ1) is 15.2. The molecule has 2 aliphatic heterocycles. The Morgan fingerprint density at radius 1 is 1.24 bits per heavy atom. The summed E-state index contributed by atoms with van der Waals surface area (Å²) in [6.45, 7) is 1.79. The fourth-order valence-corrected chi connectivity index (χ4v) is 4.68. The van der Waals surface area contributed by atoms with Crippen LogP contribution in [0, 0.1) is 0 Å². The van der Waals surface area contributed by atoms with E-state index in [1.54, 1.807) is 0 Å². The third kappa shape index (κ3) is 2.51. The van der Waals surface area contributed by atoms with Crippen molar-refractivity contribution in [1.29, 1.82) is 0 Å². The zero-order valence-corrected chi connectivity index (χ0v) is 14.6. The Balaban J connectivity index is 1.38. The highest BCUT2D eigenvalue weighted by Crippen LogP contribution is 2.32. The lowest BCUT2D eigenvalue weighted by Gasteiger charge is -2.31. The summed E-state index contributed by atoms with van der Waals surface area (Å²) in [7, 11) is 2.14. The molecule has 1 N–H and O–H groups in total. The monoisotopic (exact) mass is 340 g/mol. The van der Waals surface area contributed by atoms with Crippen LogP contribution in [-0.2, 0) is 0 Å². The van der Waals surface area contributed by atoms with Crippen LogP contribution in [0.25, 0.3) is 10.9 Å². The predicted molar refractivity (Wildman–Crippen MR) is 94.8 cm³/mol. The molecule has 5 rings (SSSR count). The number of H-pyrrole nitrogens is 1. The first-order valence-electron chi connectivity index (χ1n) is 9.35. The number of aromatic nitrogens is 2. The highest BCUT2D eigenvalue weighted by molar-refractivity contribution is 6.05. The molecule has 3 aliphatic rings. The fourth-order valence-electron chi connectivity index (χ4n) is 4.68. The van der Waals surface area contributed by atoms with Gasteiger partial charge in [0.05, 0.1) is 11.6 Å². The minimum atomic E-state index is 0.0521. The Bertz CT molecular complexity index is 809. The first-order chi connectivity index (χ1) is 12.2. The molecule has 2 saturated heterocycles. The Labute approximate surface area is 147 Å². The van der Waals surface area contributed by atoms with E-state index in [0.29, 0.717) is 23.9 Å². The Morgan fingerprint density at radius 3 is 2.80 bits per heavy atom. The number of carbonyl (C=O) groups excluding carboxylic acids is 1. The third-order valence-electron chi connectivity index (χ3n) is 6.12. The summed E-state index contributed by atoms with van der Waals surface area (Å²) in [5, 5.41) is 8.24. The predicted octanol–water partition coefficient (Wildman–Crippen LogP) is 2.41. The molecule has 132 valence electrons. The molecule has 25 heavy (non-hydrogen) atoms. The molecule has 0 unspecified atom stereocenters. The molecule has 1 amide bonds. The Kier molecular flexibility index (Phi) is 3.48. The molecule has 0 radical (unpaired) electrons. The SMILES string of the molecule is CN1C[C@@H]2C[C@H]1CN2C(=O)c1n[nH]c2cc(OC3CCCC3)ccc12. The maximum atomic E-state index is 13.0. The number of carbonyl (C=O) groups is 1. The number of nitrogens with zero attached hydrogens (tertiary/aromatic N) is 3. The van der Waals surface area contributed by atoms with E-state index in [9.17, 15) is 4.79 Å². The number of hydrogen-bond acceptors (Lipinski definition) is 4. The van der Waals surface area contributed by atoms with Gasteiger partial charge < -0.3 is 9.64 Å². The van der Waals surface area contributed by atoms with Crippen molar-refractivity contribution in [2.75, 3.05) is 20.1 Å². The van der Waals surface area contributed by atoms with Crippen LogP contribution in [0.4, 0.5) is 0 Å². The standard InChI is InChI=1S/C19H24N4O2/c1-22-10-13-8-12(22)11-23(13)19(24)18-16-7-6-15(9-17(16)20-21-18)25-14-4-2-3-5-14/h6-7,9,12-14H,2-5,8,10-11H2,1H3,(H,20,21)/t12-,13-/m0/s1. The maximum absolute atomic E-state index is 13.0. The summed E-state index contributed by atoms with van der Waals surface area (Å²) in [6.07, 6.45) is 6.20. The second-order valence-electron chi connectivity index (χ2n) is 7.74. The van der Waals surface area contributed by atoms with Gasteiger partial charge in [0.1, 0.15) is 5.75 Å². The van der Waals surface area contributed by atoms with E-state index in [1.807, 2.05) is 23.1 Å². The molecule has 1 aromatic heterocycles. The van der Waals surface area contributed by atoms with Crippen molar-refractivity contribution in [1.82, 2.24) is 20.0 Å². The van der Waals surface area contributed by atoms with E-state index < -0.39 is 0 Å². The molecular formula is C19H24N4O2. The van der Waals surface area contributed by atoms with E-state index in [1.165, 1.54) is 12.8 Å². The minimum absolute atomic E-state index is 0.0521. The summed E-state index contributed by atoms with van der Waals surface area (Å²) < 4.78 is 6.06. The van der Waals surface area contributed by atoms with E-state index in [4.69, 9.17) is 4.74 Å². The van der Waals surface area contributed by atoms with Crippen LogP contribution in [0.5, 0.6) is 5.75 Å². The van der Waals surface area contributed by atoms with Crippen molar-refractivity contribution in [2.45, 2.75) is 50.3 Å². The fraction of sp³-hybridized carbons (Fsp3) is 0.579. The van der Waals surface area contributed by atoms with Crippen LogP contribution in [-0.4, -0.2) is 64.2 Å². The smallest absolute Gasteiger partial charge is 0.275 e. The quantitative estimate of drug-likeness (QED) is 0.932. The highest BCUT2D eigenvalue weighted by Gasteiger charge is 2.44. The first-order valence-corrected chi connectivity index (χ1v) is 9.35. The van der Waals surface area contributed by atoms with Crippen LogP contribution in [0.2, 0.25) is 0 Å². The largest absolute Gasteiger partial charge is 0.490 e.